The minimum Gasteiger partial charge on any atom is -0.366 e. The van der Waals surface area contributed by atoms with Crippen LogP contribution in [0.4, 0.5) is 10.1 Å². The van der Waals surface area contributed by atoms with Crippen LogP contribution in [0.3, 0.4) is 0 Å². The van der Waals surface area contributed by atoms with Gasteiger partial charge in [0.15, 0.2) is 0 Å². The second-order valence-corrected chi connectivity index (χ2v) is 8.09. The van der Waals surface area contributed by atoms with Gasteiger partial charge >= 0.3 is 0 Å². The molecule has 0 bridgehead atoms. The largest absolute Gasteiger partial charge is 0.366 e. The number of benzene rings is 2. The zero-order valence-corrected chi connectivity index (χ0v) is 17.9. The van der Waals surface area contributed by atoms with Gasteiger partial charge in [0.2, 0.25) is 0 Å². The molecule has 0 fully saturated rings. The molecule has 2 aromatic carbocycles. The first kappa shape index (κ1) is 20.2. The summed E-state index contributed by atoms with van der Waals surface area (Å²) in [4.78, 5) is 11.4. The van der Waals surface area contributed by atoms with Gasteiger partial charge in [-0.2, -0.15) is 0 Å². The Kier molecular flexibility index (Phi) is 6.25. The normalized spacial score (nSPS) is 11.4. The van der Waals surface area contributed by atoms with Gasteiger partial charge in [0.05, 0.1) is 22.7 Å². The third-order valence-electron chi connectivity index (χ3n) is 4.91. The third-order valence-corrected chi connectivity index (χ3v) is 5.76. The highest BCUT2D eigenvalue weighted by molar-refractivity contribution is 7.10. The number of halogens is 1. The summed E-state index contributed by atoms with van der Waals surface area (Å²) in [5.41, 5.74) is 6.90. The Labute approximate surface area is 170 Å². The summed E-state index contributed by atoms with van der Waals surface area (Å²) in [6.45, 7) is 8.99. The average Bonchev–Trinajstić information content (AvgIpc) is 3.13. The standard InChI is InChI=1S/C23H26FN3S/c1-6-27(5)14-25-21-10-16(3)19(9-17(21)4)12-23-26-22(13-28-23)18-8-7-15(2)20(24)11-18/h7-11,13-14H,6,12H2,1-5H3/b25-14+. The molecule has 5 heteroatoms. The Hall–Kier alpha value is -2.53. The molecule has 0 saturated heterocycles. The van der Waals surface area contributed by atoms with E-state index in [0.717, 1.165) is 40.5 Å². The van der Waals surface area contributed by atoms with Crippen LogP contribution in [-0.2, 0) is 6.42 Å². The topological polar surface area (TPSA) is 28.5 Å². The molecule has 0 aliphatic carbocycles. The first-order chi connectivity index (χ1) is 13.4. The smallest absolute Gasteiger partial charge is 0.126 e. The third kappa shape index (κ3) is 4.65. The lowest BCUT2D eigenvalue weighted by Gasteiger charge is -2.11. The number of aromatic nitrogens is 1. The van der Waals surface area contributed by atoms with E-state index in [1.54, 1.807) is 30.4 Å². The van der Waals surface area contributed by atoms with E-state index in [0.29, 0.717) is 5.56 Å². The average molecular weight is 396 g/mol. The van der Waals surface area contributed by atoms with Crippen LogP contribution >= 0.6 is 11.3 Å². The molecule has 0 spiro atoms. The summed E-state index contributed by atoms with van der Waals surface area (Å²) < 4.78 is 13.9. The zero-order valence-electron chi connectivity index (χ0n) is 17.1. The fourth-order valence-electron chi connectivity index (χ4n) is 2.87. The number of thiazole rings is 1. The van der Waals surface area contributed by atoms with Gasteiger partial charge in [-0.05, 0) is 62.1 Å². The SMILES string of the molecule is CCN(C)/C=N/c1cc(C)c(Cc2nc(-c3ccc(C)c(F)c3)cs2)cc1C. The predicted octanol–water partition coefficient (Wildman–Crippen LogP) is 6.08. The Balaban J connectivity index is 1.80. The summed E-state index contributed by atoms with van der Waals surface area (Å²) in [5.74, 6) is -0.191. The van der Waals surface area contributed by atoms with E-state index in [2.05, 4.69) is 37.9 Å². The minimum atomic E-state index is -0.191. The summed E-state index contributed by atoms with van der Waals surface area (Å²) in [7, 11) is 2.01. The lowest BCUT2D eigenvalue weighted by atomic mass is 10.0. The molecule has 0 unspecified atom stereocenters. The molecule has 3 rings (SSSR count). The monoisotopic (exact) mass is 395 g/mol. The molecule has 28 heavy (non-hydrogen) atoms. The molecule has 0 radical (unpaired) electrons. The molecule has 0 saturated carbocycles. The van der Waals surface area contributed by atoms with Crippen molar-refractivity contribution in [3.63, 3.8) is 0 Å². The van der Waals surface area contributed by atoms with E-state index in [1.807, 2.05) is 29.7 Å². The van der Waals surface area contributed by atoms with Crippen LogP contribution in [0, 0.1) is 26.6 Å². The van der Waals surface area contributed by atoms with Crippen molar-refractivity contribution in [2.75, 3.05) is 13.6 Å². The predicted molar refractivity (Wildman–Crippen MR) is 117 cm³/mol. The van der Waals surface area contributed by atoms with Crippen molar-refractivity contribution in [1.29, 1.82) is 0 Å². The fraction of sp³-hybridized carbons (Fsp3) is 0.304. The second kappa shape index (κ2) is 8.65. The van der Waals surface area contributed by atoms with E-state index in [-0.39, 0.29) is 5.82 Å². The minimum absolute atomic E-state index is 0.191. The van der Waals surface area contributed by atoms with Gasteiger partial charge in [0, 0.05) is 31.0 Å². The molecule has 146 valence electrons. The lowest BCUT2D eigenvalue weighted by molar-refractivity contribution is 0.552. The molecule has 0 aliphatic rings. The number of hydrogen-bond donors (Lipinski definition) is 0. The van der Waals surface area contributed by atoms with Crippen LogP contribution in [0.25, 0.3) is 11.3 Å². The van der Waals surface area contributed by atoms with E-state index < -0.39 is 0 Å². The van der Waals surface area contributed by atoms with Gasteiger partial charge in [-0.25, -0.2) is 14.4 Å². The zero-order chi connectivity index (χ0) is 20.3. The van der Waals surface area contributed by atoms with Crippen LogP contribution in [0.15, 0.2) is 40.7 Å². The van der Waals surface area contributed by atoms with Crippen LogP contribution in [0.1, 0.15) is 34.2 Å². The number of aliphatic imine (C=N–C) groups is 1. The Morgan fingerprint density at radius 1 is 1.11 bits per heavy atom. The molecule has 0 aliphatic heterocycles. The van der Waals surface area contributed by atoms with E-state index >= 15 is 0 Å². The van der Waals surface area contributed by atoms with Crippen molar-refractivity contribution in [2.24, 2.45) is 4.99 Å². The van der Waals surface area contributed by atoms with E-state index in [4.69, 9.17) is 4.98 Å². The Morgan fingerprint density at radius 2 is 1.89 bits per heavy atom. The van der Waals surface area contributed by atoms with Gasteiger partial charge in [-0.1, -0.05) is 18.2 Å². The van der Waals surface area contributed by atoms with Crippen molar-refractivity contribution in [3.8, 4) is 11.3 Å². The molecule has 0 amide bonds. The quantitative estimate of drug-likeness (QED) is 0.374. The van der Waals surface area contributed by atoms with Crippen LogP contribution in [-0.4, -0.2) is 29.8 Å². The molecule has 3 aromatic rings. The van der Waals surface area contributed by atoms with Crippen molar-refractivity contribution in [1.82, 2.24) is 9.88 Å². The van der Waals surface area contributed by atoms with Gasteiger partial charge in [-0.15, -0.1) is 11.3 Å². The number of nitrogens with zero attached hydrogens (tertiary/aromatic N) is 3. The van der Waals surface area contributed by atoms with Gasteiger partial charge < -0.3 is 4.90 Å². The summed E-state index contributed by atoms with van der Waals surface area (Å²) in [6, 6.07) is 9.61. The molecular formula is C23H26FN3S. The van der Waals surface area contributed by atoms with Crippen molar-refractivity contribution >= 4 is 23.4 Å². The lowest BCUT2D eigenvalue weighted by Crippen LogP contribution is -2.14. The van der Waals surface area contributed by atoms with Crippen molar-refractivity contribution < 1.29 is 4.39 Å². The van der Waals surface area contributed by atoms with E-state index in [9.17, 15) is 4.39 Å². The first-order valence-corrected chi connectivity index (χ1v) is 10.3. The molecule has 0 N–H and O–H groups in total. The number of hydrogen-bond acceptors (Lipinski definition) is 3. The van der Waals surface area contributed by atoms with Crippen LogP contribution < -0.4 is 0 Å². The summed E-state index contributed by atoms with van der Waals surface area (Å²) >= 11 is 1.62. The highest BCUT2D eigenvalue weighted by atomic mass is 32.1. The summed E-state index contributed by atoms with van der Waals surface area (Å²) in [6.07, 6.45) is 2.64. The van der Waals surface area contributed by atoms with Crippen LogP contribution in [0.2, 0.25) is 0 Å². The number of aryl methyl sites for hydroxylation is 3. The maximum atomic E-state index is 13.9. The van der Waals surface area contributed by atoms with Gasteiger partial charge in [0.1, 0.15) is 5.82 Å². The van der Waals surface area contributed by atoms with Gasteiger partial charge in [0.25, 0.3) is 0 Å². The maximum absolute atomic E-state index is 13.9. The fourth-order valence-corrected chi connectivity index (χ4v) is 3.70. The van der Waals surface area contributed by atoms with Crippen LogP contribution in [0.5, 0.6) is 0 Å². The highest BCUT2D eigenvalue weighted by Crippen LogP contribution is 2.28. The highest BCUT2D eigenvalue weighted by Gasteiger charge is 2.10. The molecule has 0 atom stereocenters. The molecule has 3 nitrogen and oxygen atoms in total. The van der Waals surface area contributed by atoms with Crippen molar-refractivity contribution in [2.45, 2.75) is 34.1 Å². The molecule has 1 heterocycles. The van der Waals surface area contributed by atoms with Gasteiger partial charge in [-0.3, -0.25) is 0 Å². The molecular weight excluding hydrogens is 369 g/mol. The van der Waals surface area contributed by atoms with E-state index in [1.165, 1.54) is 11.1 Å². The second-order valence-electron chi connectivity index (χ2n) is 7.15. The Morgan fingerprint density at radius 3 is 2.61 bits per heavy atom. The van der Waals surface area contributed by atoms with Crippen molar-refractivity contribution in [3.05, 3.63) is 68.8 Å². The molecule has 1 aromatic heterocycles. The summed E-state index contributed by atoms with van der Waals surface area (Å²) in [5, 5.41) is 3.03. The first-order valence-electron chi connectivity index (χ1n) is 9.43. The Bertz CT molecular complexity index is 1010. The number of rotatable bonds is 6. The maximum Gasteiger partial charge on any atom is 0.126 e.